The van der Waals surface area contributed by atoms with E-state index in [0.29, 0.717) is 17.1 Å². The molecule has 0 spiro atoms. The van der Waals surface area contributed by atoms with E-state index in [1.54, 1.807) is 18.2 Å². The van der Waals surface area contributed by atoms with Gasteiger partial charge in [-0.25, -0.2) is 4.79 Å². The molecule has 0 saturated heterocycles. The Bertz CT molecular complexity index is 626. The van der Waals surface area contributed by atoms with E-state index in [0.717, 1.165) is 25.7 Å². The molecule has 2 rings (SSSR count). The quantitative estimate of drug-likeness (QED) is 0.746. The van der Waals surface area contributed by atoms with Gasteiger partial charge < -0.3 is 24.6 Å². The van der Waals surface area contributed by atoms with Gasteiger partial charge in [-0.1, -0.05) is 0 Å². The summed E-state index contributed by atoms with van der Waals surface area (Å²) < 4.78 is 16.2. The lowest BCUT2D eigenvalue weighted by Gasteiger charge is -2.25. The predicted octanol–water partition coefficient (Wildman–Crippen LogP) is 2.24. The summed E-state index contributed by atoms with van der Waals surface area (Å²) in [4.78, 5) is 23.9. The number of carboxylic acids is 1. The molecule has 1 fully saturated rings. The van der Waals surface area contributed by atoms with Gasteiger partial charge in [-0.2, -0.15) is 0 Å². The summed E-state index contributed by atoms with van der Waals surface area (Å²) in [5.74, 6) is -0.647. The van der Waals surface area contributed by atoms with E-state index in [1.165, 1.54) is 21.1 Å². The molecule has 1 aromatic carbocycles. The van der Waals surface area contributed by atoms with Crippen LogP contribution in [-0.2, 0) is 9.53 Å². The third-order valence-electron chi connectivity index (χ3n) is 4.32. The lowest BCUT2D eigenvalue weighted by atomic mass is 10.0. The monoisotopic (exact) mass is 351 g/mol. The number of amides is 1. The Kier molecular flexibility index (Phi) is 6.25. The number of carbonyl (C=O) groups is 2. The minimum Gasteiger partial charge on any atom is -0.493 e. The van der Waals surface area contributed by atoms with Crippen LogP contribution in [0, 0.1) is 0 Å². The summed E-state index contributed by atoms with van der Waals surface area (Å²) in [6.07, 6.45) is 4.32. The zero-order valence-corrected chi connectivity index (χ0v) is 14.8. The van der Waals surface area contributed by atoms with Gasteiger partial charge in [-0.15, -0.1) is 0 Å². The van der Waals surface area contributed by atoms with Crippen LogP contribution in [-0.4, -0.2) is 49.5 Å². The third-order valence-corrected chi connectivity index (χ3v) is 4.32. The number of benzene rings is 1. The Morgan fingerprint density at radius 1 is 1.24 bits per heavy atom. The van der Waals surface area contributed by atoms with Crippen molar-refractivity contribution in [1.82, 2.24) is 5.32 Å². The van der Waals surface area contributed by atoms with Crippen molar-refractivity contribution < 1.29 is 28.9 Å². The third kappa shape index (κ3) is 4.63. The van der Waals surface area contributed by atoms with Gasteiger partial charge in [-0.05, 0) is 50.8 Å². The SMILES string of the molecule is COCC(C)(NC(=O)c1ccc(OC)c(OC2CCCC2)c1)C(=O)O. The molecular formula is C18H25NO6. The summed E-state index contributed by atoms with van der Waals surface area (Å²) in [7, 11) is 2.92. The second-order valence-corrected chi connectivity index (χ2v) is 6.41. The fourth-order valence-corrected chi connectivity index (χ4v) is 2.86. The number of rotatable bonds is 8. The van der Waals surface area contributed by atoms with Gasteiger partial charge in [-0.3, -0.25) is 4.79 Å². The van der Waals surface area contributed by atoms with Crippen LogP contribution in [0.3, 0.4) is 0 Å². The molecule has 7 nitrogen and oxygen atoms in total. The molecule has 1 unspecified atom stereocenters. The highest BCUT2D eigenvalue weighted by molar-refractivity contribution is 5.98. The molecule has 1 aliphatic rings. The Balaban J connectivity index is 2.19. The van der Waals surface area contributed by atoms with Crippen molar-refractivity contribution in [2.24, 2.45) is 0 Å². The predicted molar refractivity (Wildman–Crippen MR) is 91.3 cm³/mol. The molecule has 25 heavy (non-hydrogen) atoms. The fourth-order valence-electron chi connectivity index (χ4n) is 2.86. The van der Waals surface area contributed by atoms with Crippen molar-refractivity contribution >= 4 is 11.9 Å². The fraction of sp³-hybridized carbons (Fsp3) is 0.556. The van der Waals surface area contributed by atoms with Gasteiger partial charge >= 0.3 is 5.97 Å². The molecule has 138 valence electrons. The van der Waals surface area contributed by atoms with E-state index < -0.39 is 17.4 Å². The standard InChI is InChI=1S/C18H25NO6/c1-18(11-23-2,17(21)22)19-16(20)12-8-9-14(24-3)15(10-12)25-13-6-4-5-7-13/h8-10,13H,4-7,11H2,1-3H3,(H,19,20)(H,21,22). The lowest BCUT2D eigenvalue weighted by molar-refractivity contribution is -0.145. The first-order valence-electron chi connectivity index (χ1n) is 8.29. The van der Waals surface area contributed by atoms with E-state index in [4.69, 9.17) is 14.2 Å². The van der Waals surface area contributed by atoms with Crippen LogP contribution >= 0.6 is 0 Å². The van der Waals surface area contributed by atoms with Gasteiger partial charge in [0, 0.05) is 12.7 Å². The zero-order valence-electron chi connectivity index (χ0n) is 14.8. The molecule has 0 heterocycles. The number of methoxy groups -OCH3 is 2. The van der Waals surface area contributed by atoms with E-state index in [-0.39, 0.29) is 12.7 Å². The molecular weight excluding hydrogens is 326 g/mol. The Morgan fingerprint density at radius 3 is 2.48 bits per heavy atom. The molecule has 1 aliphatic carbocycles. The number of hydrogen-bond acceptors (Lipinski definition) is 5. The summed E-state index contributed by atoms with van der Waals surface area (Å²) >= 11 is 0. The van der Waals surface area contributed by atoms with E-state index in [1.807, 2.05) is 0 Å². The normalized spacial score (nSPS) is 16.9. The number of carboxylic acid groups (broad SMARTS) is 1. The number of ether oxygens (including phenoxy) is 3. The van der Waals surface area contributed by atoms with E-state index in [9.17, 15) is 14.7 Å². The smallest absolute Gasteiger partial charge is 0.331 e. The highest BCUT2D eigenvalue weighted by Gasteiger charge is 2.35. The highest BCUT2D eigenvalue weighted by Crippen LogP contribution is 2.32. The Hall–Kier alpha value is -2.28. The van der Waals surface area contributed by atoms with Crippen LogP contribution in [0.5, 0.6) is 11.5 Å². The number of nitrogens with one attached hydrogen (secondary N) is 1. The molecule has 2 N–H and O–H groups in total. The van der Waals surface area contributed by atoms with Crippen LogP contribution in [0.2, 0.25) is 0 Å². The minimum absolute atomic E-state index is 0.116. The van der Waals surface area contributed by atoms with Gasteiger partial charge in [0.25, 0.3) is 5.91 Å². The Morgan fingerprint density at radius 2 is 1.92 bits per heavy atom. The van der Waals surface area contributed by atoms with E-state index in [2.05, 4.69) is 5.32 Å². The van der Waals surface area contributed by atoms with Crippen LogP contribution < -0.4 is 14.8 Å². The lowest BCUT2D eigenvalue weighted by Crippen LogP contribution is -2.55. The summed E-state index contributed by atoms with van der Waals surface area (Å²) in [6, 6.07) is 4.81. The maximum Gasteiger partial charge on any atom is 0.331 e. The summed E-state index contributed by atoms with van der Waals surface area (Å²) in [5, 5.41) is 11.9. The van der Waals surface area contributed by atoms with Crippen molar-refractivity contribution in [2.75, 3.05) is 20.8 Å². The van der Waals surface area contributed by atoms with Gasteiger partial charge in [0.1, 0.15) is 0 Å². The first-order chi connectivity index (χ1) is 11.9. The second kappa shape index (κ2) is 8.20. The van der Waals surface area contributed by atoms with Crippen LogP contribution in [0.25, 0.3) is 0 Å². The zero-order chi connectivity index (χ0) is 18.4. The number of hydrogen-bond donors (Lipinski definition) is 2. The van der Waals surface area contributed by atoms with Crippen LogP contribution in [0.1, 0.15) is 43.0 Å². The van der Waals surface area contributed by atoms with Crippen molar-refractivity contribution in [3.63, 3.8) is 0 Å². The van der Waals surface area contributed by atoms with Crippen molar-refractivity contribution in [2.45, 2.75) is 44.2 Å². The summed E-state index contributed by atoms with van der Waals surface area (Å²) in [5.41, 5.74) is -1.21. The average Bonchev–Trinajstić information content (AvgIpc) is 3.07. The minimum atomic E-state index is -1.52. The maximum atomic E-state index is 12.5. The van der Waals surface area contributed by atoms with Gasteiger partial charge in [0.05, 0.1) is 19.8 Å². The number of carbonyl (C=O) groups excluding carboxylic acids is 1. The van der Waals surface area contributed by atoms with Crippen LogP contribution in [0.15, 0.2) is 18.2 Å². The molecule has 1 atom stereocenters. The Labute approximate surface area is 147 Å². The van der Waals surface area contributed by atoms with E-state index >= 15 is 0 Å². The van der Waals surface area contributed by atoms with Gasteiger partial charge in [0.2, 0.25) is 0 Å². The maximum absolute atomic E-state index is 12.5. The summed E-state index contributed by atoms with van der Waals surface area (Å²) in [6.45, 7) is 1.26. The largest absolute Gasteiger partial charge is 0.493 e. The second-order valence-electron chi connectivity index (χ2n) is 6.41. The molecule has 1 amide bonds. The van der Waals surface area contributed by atoms with Gasteiger partial charge in [0.15, 0.2) is 17.0 Å². The van der Waals surface area contributed by atoms with Crippen molar-refractivity contribution in [3.05, 3.63) is 23.8 Å². The molecule has 7 heteroatoms. The van der Waals surface area contributed by atoms with Crippen molar-refractivity contribution in [1.29, 1.82) is 0 Å². The topological polar surface area (TPSA) is 94.1 Å². The first kappa shape index (κ1) is 19.1. The average molecular weight is 351 g/mol. The first-order valence-corrected chi connectivity index (χ1v) is 8.29. The van der Waals surface area contributed by atoms with Crippen LogP contribution in [0.4, 0.5) is 0 Å². The number of aliphatic carboxylic acids is 1. The molecule has 0 aromatic heterocycles. The molecule has 0 bridgehead atoms. The van der Waals surface area contributed by atoms with Crippen molar-refractivity contribution in [3.8, 4) is 11.5 Å². The highest BCUT2D eigenvalue weighted by atomic mass is 16.5. The molecule has 1 saturated carbocycles. The molecule has 0 aliphatic heterocycles. The molecule has 1 aromatic rings. The molecule has 0 radical (unpaired) electrons.